The fraction of sp³-hybridized carbons (Fsp3) is 0.242. The maximum Gasteiger partial charge on any atom is 0.338 e. The number of allylic oxidation sites excluding steroid dienone is 1. The second-order valence-electron chi connectivity index (χ2n) is 10.3. The molecule has 250 valence electrons. The van der Waals surface area contributed by atoms with Gasteiger partial charge in [0.15, 0.2) is 27.8 Å². The van der Waals surface area contributed by atoms with E-state index in [-0.39, 0.29) is 30.0 Å². The molecule has 0 unspecified atom stereocenters. The lowest BCUT2D eigenvalue weighted by atomic mass is 9.95. The first-order chi connectivity index (χ1) is 23.0. The molecule has 1 aliphatic rings. The highest BCUT2D eigenvalue weighted by atomic mass is 127. The molecule has 48 heavy (non-hydrogen) atoms. The van der Waals surface area contributed by atoms with E-state index in [9.17, 15) is 19.7 Å². The number of hydrogen-bond acceptors (Lipinski definition) is 11. The van der Waals surface area contributed by atoms with E-state index in [2.05, 4.69) is 43.5 Å². The molecule has 0 spiro atoms. The van der Waals surface area contributed by atoms with Crippen LogP contribution in [0.4, 0.5) is 5.69 Å². The van der Waals surface area contributed by atoms with Crippen LogP contribution in [0.2, 0.25) is 0 Å². The molecule has 0 fully saturated rings. The number of nitrogens with zero attached hydrogens (tertiary/aromatic N) is 3. The smallest absolute Gasteiger partial charge is 0.338 e. The summed E-state index contributed by atoms with van der Waals surface area (Å²) in [5.41, 5.74) is 2.31. The van der Waals surface area contributed by atoms with Crippen molar-refractivity contribution in [2.45, 2.75) is 26.5 Å². The molecule has 1 aliphatic heterocycles. The monoisotopic (exact) mass is 849 g/mol. The number of rotatable bonds is 11. The molecule has 4 aromatic rings. The molecule has 0 N–H and O–H groups in total. The van der Waals surface area contributed by atoms with E-state index in [1.807, 2.05) is 6.07 Å². The van der Waals surface area contributed by atoms with Crippen molar-refractivity contribution in [1.29, 1.82) is 0 Å². The number of aromatic nitrogens is 1. The fourth-order valence-corrected chi connectivity index (χ4v) is 7.52. The summed E-state index contributed by atoms with van der Waals surface area (Å²) in [6.45, 7) is 3.74. The largest absolute Gasteiger partial charge is 0.493 e. The highest BCUT2D eigenvalue weighted by Crippen LogP contribution is 2.41. The molecule has 0 amide bonds. The van der Waals surface area contributed by atoms with Crippen molar-refractivity contribution in [3.05, 3.63) is 114 Å². The van der Waals surface area contributed by atoms with E-state index >= 15 is 0 Å². The molecule has 0 saturated carbocycles. The summed E-state index contributed by atoms with van der Waals surface area (Å²) in [6, 6.07) is 12.3. The first-order valence-electron chi connectivity index (χ1n) is 14.4. The molecule has 2 heterocycles. The van der Waals surface area contributed by atoms with Gasteiger partial charge in [0.05, 0.1) is 58.3 Å². The van der Waals surface area contributed by atoms with E-state index in [0.29, 0.717) is 53.6 Å². The number of carbonyl (C=O) groups is 1. The fourth-order valence-electron chi connectivity index (χ4n) is 5.15. The van der Waals surface area contributed by atoms with Gasteiger partial charge in [0.2, 0.25) is 0 Å². The number of benzene rings is 3. The zero-order valence-electron chi connectivity index (χ0n) is 26.4. The normalized spacial score (nSPS) is 14.2. The second-order valence-corrected chi connectivity index (χ2v) is 13.3. The predicted molar refractivity (Wildman–Crippen MR) is 191 cm³/mol. The highest BCUT2D eigenvalue weighted by molar-refractivity contribution is 14.1. The van der Waals surface area contributed by atoms with Gasteiger partial charge in [0.25, 0.3) is 11.2 Å². The lowest BCUT2D eigenvalue weighted by Gasteiger charge is -2.26. The standard InChI is InChI=1S/C33H29BrIN3O9S/c1-6-46-32(40)28-17(2)36-33-37(29(28)21-14-24(43-3)25(44-4)15-22(21)34)31(39)27(48-33)13-19-11-23(35)30(26(12-19)45-5)47-16-18-7-9-20(10-8-18)38(41)42/h7-15,29H,6,16H2,1-5H3/b27-13-/t29-/m1/s1. The highest BCUT2D eigenvalue weighted by Gasteiger charge is 2.35. The van der Waals surface area contributed by atoms with Gasteiger partial charge >= 0.3 is 5.97 Å². The average molecular weight is 850 g/mol. The molecule has 3 aromatic carbocycles. The van der Waals surface area contributed by atoms with Crippen LogP contribution in [-0.2, 0) is 16.1 Å². The molecular weight excluding hydrogens is 821 g/mol. The van der Waals surface area contributed by atoms with Crippen molar-refractivity contribution < 1.29 is 33.4 Å². The van der Waals surface area contributed by atoms with Crippen LogP contribution in [-0.4, -0.2) is 43.4 Å². The molecule has 15 heteroatoms. The predicted octanol–water partition coefficient (Wildman–Crippen LogP) is 5.68. The first-order valence-corrected chi connectivity index (χ1v) is 17.0. The molecule has 0 aliphatic carbocycles. The Hall–Kier alpha value is -4.22. The Balaban J connectivity index is 1.59. The van der Waals surface area contributed by atoms with Gasteiger partial charge in [-0.3, -0.25) is 19.5 Å². The van der Waals surface area contributed by atoms with Crippen molar-refractivity contribution in [3.63, 3.8) is 0 Å². The molecule has 5 rings (SSSR count). The summed E-state index contributed by atoms with van der Waals surface area (Å²) < 4.78 is 31.3. The van der Waals surface area contributed by atoms with Crippen LogP contribution in [0.1, 0.15) is 36.6 Å². The lowest BCUT2D eigenvalue weighted by molar-refractivity contribution is -0.384. The van der Waals surface area contributed by atoms with Gasteiger partial charge in [-0.25, -0.2) is 9.79 Å². The Morgan fingerprint density at radius 3 is 2.38 bits per heavy atom. The van der Waals surface area contributed by atoms with Crippen molar-refractivity contribution in [3.8, 4) is 23.0 Å². The number of hydrogen-bond donors (Lipinski definition) is 0. The summed E-state index contributed by atoms with van der Waals surface area (Å²) in [7, 11) is 4.55. The summed E-state index contributed by atoms with van der Waals surface area (Å²) in [5.74, 6) is 1.25. The average Bonchev–Trinajstić information content (AvgIpc) is 3.36. The van der Waals surface area contributed by atoms with Gasteiger partial charge in [-0.1, -0.05) is 27.3 Å². The number of halogens is 2. The zero-order chi connectivity index (χ0) is 34.7. The van der Waals surface area contributed by atoms with Gasteiger partial charge in [0, 0.05) is 16.6 Å². The number of ether oxygens (including phenoxy) is 5. The van der Waals surface area contributed by atoms with Gasteiger partial charge in [-0.2, -0.15) is 0 Å². The van der Waals surface area contributed by atoms with Crippen LogP contribution in [0.15, 0.2) is 74.1 Å². The molecule has 12 nitrogen and oxygen atoms in total. The van der Waals surface area contributed by atoms with Gasteiger partial charge in [-0.05, 0) is 95.6 Å². The van der Waals surface area contributed by atoms with Crippen LogP contribution in [0.5, 0.6) is 23.0 Å². The number of methoxy groups -OCH3 is 3. The third-order valence-corrected chi connectivity index (χ3v) is 9.87. The first kappa shape index (κ1) is 35.1. The van der Waals surface area contributed by atoms with Crippen molar-refractivity contribution in [1.82, 2.24) is 4.57 Å². The van der Waals surface area contributed by atoms with E-state index in [1.165, 1.54) is 49.4 Å². The lowest BCUT2D eigenvalue weighted by Crippen LogP contribution is -2.40. The van der Waals surface area contributed by atoms with Crippen LogP contribution in [0, 0.1) is 13.7 Å². The Morgan fingerprint density at radius 1 is 1.08 bits per heavy atom. The van der Waals surface area contributed by atoms with Gasteiger partial charge in [-0.15, -0.1) is 0 Å². The van der Waals surface area contributed by atoms with E-state index in [0.717, 1.165) is 9.13 Å². The van der Waals surface area contributed by atoms with Crippen LogP contribution >= 0.6 is 49.9 Å². The quantitative estimate of drug-likeness (QED) is 0.0808. The zero-order valence-corrected chi connectivity index (χ0v) is 30.9. The summed E-state index contributed by atoms with van der Waals surface area (Å²) >= 11 is 6.93. The maximum atomic E-state index is 14.2. The number of esters is 1. The van der Waals surface area contributed by atoms with Crippen LogP contribution < -0.4 is 33.8 Å². The van der Waals surface area contributed by atoms with Crippen LogP contribution in [0.25, 0.3) is 6.08 Å². The summed E-state index contributed by atoms with van der Waals surface area (Å²) in [6.07, 6.45) is 1.73. The van der Waals surface area contributed by atoms with Gasteiger partial charge in [0.1, 0.15) is 6.61 Å². The maximum absolute atomic E-state index is 14.2. The third kappa shape index (κ3) is 6.98. The summed E-state index contributed by atoms with van der Waals surface area (Å²) in [5, 5.41) is 11.0. The Kier molecular flexibility index (Phi) is 10.9. The van der Waals surface area contributed by atoms with Crippen molar-refractivity contribution in [2.24, 2.45) is 4.99 Å². The number of carbonyl (C=O) groups excluding carboxylic acids is 1. The third-order valence-electron chi connectivity index (χ3n) is 7.39. The minimum absolute atomic E-state index is 0.00416. The molecule has 0 radical (unpaired) electrons. The van der Waals surface area contributed by atoms with Crippen LogP contribution in [0.3, 0.4) is 0 Å². The number of thiazole rings is 1. The Bertz CT molecular complexity index is 2130. The molecule has 0 bridgehead atoms. The summed E-state index contributed by atoms with van der Waals surface area (Å²) in [4.78, 5) is 43.1. The van der Waals surface area contributed by atoms with E-state index in [1.54, 1.807) is 50.3 Å². The number of nitro benzene ring substituents is 1. The number of non-ortho nitro benzene ring substituents is 1. The van der Waals surface area contributed by atoms with Gasteiger partial charge < -0.3 is 23.7 Å². The van der Waals surface area contributed by atoms with E-state index < -0.39 is 16.9 Å². The molecule has 1 aromatic heterocycles. The number of nitro groups is 1. The molecule has 1 atom stereocenters. The number of fused-ring (bicyclic) bond motifs is 1. The second kappa shape index (κ2) is 14.9. The molecular formula is C33H29BrIN3O9S. The van der Waals surface area contributed by atoms with Crippen molar-refractivity contribution >= 4 is 67.6 Å². The Morgan fingerprint density at radius 2 is 1.75 bits per heavy atom. The minimum Gasteiger partial charge on any atom is -0.493 e. The van der Waals surface area contributed by atoms with Crippen molar-refractivity contribution in [2.75, 3.05) is 27.9 Å². The topological polar surface area (TPSA) is 141 Å². The molecule has 0 saturated heterocycles. The van der Waals surface area contributed by atoms with E-state index in [4.69, 9.17) is 23.7 Å². The SMILES string of the molecule is CCOC(=O)C1=C(C)N=c2s/c(=C\c3cc(I)c(OCc4ccc([N+](=O)[O-])cc4)c(OC)c3)c(=O)n2[C@@H]1c1cc(OC)c(OC)cc1Br. The Labute approximate surface area is 300 Å². The minimum atomic E-state index is -0.874.